The Balaban J connectivity index is 0.000000162. The molecule has 3 aromatic heterocycles. The number of phenols is 3. The fourth-order valence-electron chi connectivity index (χ4n) is 6.49. The molecule has 0 spiro atoms. The molecule has 0 saturated carbocycles. The number of hydrogen-bond acceptors (Lipinski definition) is 16. The van der Waals surface area contributed by atoms with Crippen LogP contribution in [0.25, 0.3) is 50.2 Å². The highest BCUT2D eigenvalue weighted by atomic mass is 16.7. The van der Waals surface area contributed by atoms with Gasteiger partial charge in [-0.05, 0) is 103 Å². The third-order valence-corrected chi connectivity index (χ3v) is 10.1. The Kier molecular flexibility index (Phi) is 17.8. The Morgan fingerprint density at radius 3 is 1.23 bits per heavy atom. The van der Waals surface area contributed by atoms with Gasteiger partial charge in [0.25, 0.3) is 0 Å². The van der Waals surface area contributed by atoms with Gasteiger partial charge in [0.15, 0.2) is 6.29 Å². The molecule has 362 valence electrons. The Morgan fingerprint density at radius 2 is 0.929 bits per heavy atom. The van der Waals surface area contributed by atoms with E-state index in [0.717, 1.165) is 33.2 Å². The number of aromatic hydroxyl groups is 3. The summed E-state index contributed by atoms with van der Waals surface area (Å²) in [6, 6.07) is 37.2. The number of carboxylic acid groups (broad SMARTS) is 1. The van der Waals surface area contributed by atoms with Crippen molar-refractivity contribution in [3.05, 3.63) is 156 Å². The van der Waals surface area contributed by atoms with Gasteiger partial charge in [0.1, 0.15) is 67.4 Å². The van der Waals surface area contributed by atoms with Gasteiger partial charge in [-0.25, -0.2) is 4.79 Å². The second-order valence-electron chi connectivity index (χ2n) is 15.3. The molecule has 6 aromatic carbocycles. The minimum absolute atomic E-state index is 0.000514. The van der Waals surface area contributed by atoms with Gasteiger partial charge in [-0.15, -0.1) is 45.0 Å². The van der Waals surface area contributed by atoms with Crippen molar-refractivity contribution >= 4 is 45.0 Å². The maximum atomic E-state index is 11.4. The molecule has 0 saturated heterocycles. The van der Waals surface area contributed by atoms with Crippen LogP contribution in [0.3, 0.4) is 0 Å². The molecule has 0 aliphatic carbocycles. The predicted molar refractivity (Wildman–Crippen MR) is 260 cm³/mol. The number of hydrogen-bond donors (Lipinski definition) is 6. The summed E-state index contributed by atoms with van der Waals surface area (Å²) in [5, 5.41) is 73.6. The highest BCUT2D eigenvalue weighted by Gasteiger charge is 2.13. The van der Waals surface area contributed by atoms with Gasteiger partial charge in [0.2, 0.25) is 0 Å². The molecule has 0 aliphatic rings. The molecule has 0 amide bonds. The van der Waals surface area contributed by atoms with Crippen LogP contribution >= 0.6 is 0 Å². The quantitative estimate of drug-likeness (QED) is 0.0429. The number of carbonyl (C=O) groups excluding carboxylic acids is 1. The van der Waals surface area contributed by atoms with Crippen LogP contribution in [0.4, 0.5) is 0 Å². The number of aliphatic hydroxyl groups is 1. The summed E-state index contributed by atoms with van der Waals surface area (Å²) in [5.41, 5.74) is 13.7. The summed E-state index contributed by atoms with van der Waals surface area (Å²) in [7, 11) is 3.11. The monoisotopic (exact) mass is 952 g/mol. The number of rotatable bonds is 14. The van der Waals surface area contributed by atoms with Gasteiger partial charge in [0.05, 0.1) is 13.0 Å². The second kappa shape index (κ2) is 24.5. The number of phenolic OH excluding ortho intramolecular Hbond substituents is 3. The van der Waals surface area contributed by atoms with E-state index in [9.17, 15) is 24.9 Å². The number of fused-ring (bicyclic) bond motifs is 3. The zero-order valence-electron chi connectivity index (χ0n) is 38.5. The van der Waals surface area contributed by atoms with E-state index in [1.807, 2.05) is 72.8 Å². The van der Waals surface area contributed by atoms with Crippen molar-refractivity contribution in [2.75, 3.05) is 34.0 Å². The lowest BCUT2D eigenvalue weighted by atomic mass is 10.1. The summed E-state index contributed by atoms with van der Waals surface area (Å²) >= 11 is 0. The zero-order valence-corrected chi connectivity index (χ0v) is 38.5. The first-order valence-electron chi connectivity index (χ1n) is 21.6. The molecule has 0 radical (unpaired) electrons. The summed E-state index contributed by atoms with van der Waals surface area (Å²) in [6.45, 7) is 5.86. The number of aliphatic carboxylic acids is 1. The van der Waals surface area contributed by atoms with Gasteiger partial charge in [0, 0.05) is 39.4 Å². The fraction of sp³-hybridized carbons (Fsp3) is 0.200. The molecule has 20 nitrogen and oxygen atoms in total. The summed E-state index contributed by atoms with van der Waals surface area (Å²) in [6.07, 6.45) is 0.704. The molecule has 7 N–H and O–H groups in total. The Hall–Kier alpha value is -8.56. The van der Waals surface area contributed by atoms with Crippen LogP contribution in [0.1, 0.15) is 23.6 Å². The number of nitrogens with zero attached hydrogens (tertiary/aromatic N) is 9. The van der Waals surface area contributed by atoms with E-state index in [0.29, 0.717) is 58.6 Å². The maximum Gasteiger partial charge on any atom is 0.333 e. The summed E-state index contributed by atoms with van der Waals surface area (Å²) in [4.78, 5) is 26.3. The number of methoxy groups -OCH3 is 2. The smallest absolute Gasteiger partial charge is 0.333 e. The van der Waals surface area contributed by atoms with Gasteiger partial charge in [-0.2, -0.15) is 0 Å². The number of nitrogens with two attached hydrogens (primary N) is 1. The largest absolute Gasteiger partial charge is 0.506 e. The van der Waals surface area contributed by atoms with E-state index in [-0.39, 0.29) is 43.2 Å². The third kappa shape index (κ3) is 13.5. The number of carbonyl (C=O) groups is 2. The van der Waals surface area contributed by atoms with Gasteiger partial charge in [-0.1, -0.05) is 61.2 Å². The van der Waals surface area contributed by atoms with Crippen LogP contribution in [0.2, 0.25) is 0 Å². The molecule has 0 bridgehead atoms. The lowest BCUT2D eigenvalue weighted by Gasteiger charge is -2.08. The van der Waals surface area contributed by atoms with Crippen molar-refractivity contribution in [1.29, 1.82) is 0 Å². The Bertz CT molecular complexity index is 3100. The zero-order chi connectivity index (χ0) is 50.2. The minimum Gasteiger partial charge on any atom is -0.506 e. The molecule has 9 rings (SSSR count). The first kappa shape index (κ1) is 50.8. The Labute approximate surface area is 401 Å². The summed E-state index contributed by atoms with van der Waals surface area (Å²) in [5.74, 6) is -1.14. The van der Waals surface area contributed by atoms with Gasteiger partial charge < -0.3 is 45.5 Å². The standard InChI is InChI=1S/C18H17N3O3.C14H11N3O3.C14H13N3O2.C4H11NO2/c1-12(2)18(23)24-10-9-13-7-8-17(22)16(11-13)21-19-14-5-3-4-6-15(14)20-21;18-13-6-5-9(8-14(19)20)7-12(13)17-15-10-3-1-2-4-11(10)16-17;18-8-7-10-5-6-14(19)13(9-10)17-15-11-3-1-2-4-12(11)16-17;1-6-4(3-5)7-2/h3-8,11,22H,1,9-10H2,2H3;1-7,18H,8H2,(H,19,20);1-6,9,18-19H,7-8H2;4H,3,5H2,1-2H3. The molecule has 9 aromatic rings. The highest BCUT2D eigenvalue weighted by Crippen LogP contribution is 2.26. The molecular formula is C50H52N10O10. The van der Waals surface area contributed by atoms with E-state index >= 15 is 0 Å². The van der Waals surface area contributed by atoms with Crippen molar-refractivity contribution in [1.82, 2.24) is 45.0 Å². The van der Waals surface area contributed by atoms with E-state index in [1.165, 1.54) is 20.5 Å². The van der Waals surface area contributed by atoms with Crippen LogP contribution in [0.15, 0.2) is 140 Å². The third-order valence-electron chi connectivity index (χ3n) is 10.1. The Morgan fingerprint density at radius 1 is 0.586 bits per heavy atom. The van der Waals surface area contributed by atoms with Crippen molar-refractivity contribution < 1.29 is 49.3 Å². The number of benzene rings is 6. The normalized spacial score (nSPS) is 10.8. The SMILES string of the molecule is C=C(C)C(=O)OCCc1ccc(O)c(-n2nc3ccccc3n2)c1.COC(CN)OC.O=C(O)Cc1ccc(O)c(-n2nc3ccccc3n2)c1.OCCc1ccc(O)c(-n2nc3ccccc3n2)c1. The molecule has 0 fully saturated rings. The predicted octanol–water partition coefficient (Wildman–Crippen LogP) is 5.77. The van der Waals surface area contributed by atoms with E-state index in [2.05, 4.69) is 37.2 Å². The van der Waals surface area contributed by atoms with E-state index in [4.69, 9.17) is 30.2 Å². The average molecular weight is 953 g/mol. The van der Waals surface area contributed by atoms with Crippen molar-refractivity contribution in [3.63, 3.8) is 0 Å². The van der Waals surface area contributed by atoms with E-state index < -0.39 is 11.9 Å². The highest BCUT2D eigenvalue weighted by molar-refractivity contribution is 5.87. The molecular weight excluding hydrogens is 901 g/mol. The average Bonchev–Trinajstić information content (AvgIpc) is 4.12. The summed E-state index contributed by atoms with van der Waals surface area (Å²) < 4.78 is 14.5. The van der Waals surface area contributed by atoms with E-state index in [1.54, 1.807) is 69.7 Å². The van der Waals surface area contributed by atoms with Crippen molar-refractivity contribution in [2.45, 2.75) is 32.5 Å². The van der Waals surface area contributed by atoms with Crippen LogP contribution < -0.4 is 5.73 Å². The molecule has 3 heterocycles. The first-order chi connectivity index (χ1) is 33.8. The molecule has 0 unspecified atom stereocenters. The lowest BCUT2D eigenvalue weighted by Crippen LogP contribution is -2.23. The number of ether oxygens (including phenoxy) is 3. The number of aromatic nitrogens is 9. The second-order valence-corrected chi connectivity index (χ2v) is 15.3. The van der Waals surface area contributed by atoms with Crippen molar-refractivity contribution in [2.24, 2.45) is 5.73 Å². The lowest BCUT2D eigenvalue weighted by molar-refractivity contribution is -0.139. The fourth-order valence-corrected chi connectivity index (χ4v) is 6.49. The molecule has 20 heteroatoms. The van der Waals surface area contributed by atoms with Crippen LogP contribution in [0, 0.1) is 0 Å². The van der Waals surface area contributed by atoms with Crippen molar-refractivity contribution in [3.8, 4) is 34.3 Å². The molecule has 0 atom stereocenters. The number of carboxylic acids is 1. The first-order valence-corrected chi connectivity index (χ1v) is 21.6. The van der Waals surface area contributed by atoms with Crippen LogP contribution in [-0.4, -0.2) is 123 Å². The number of esters is 1. The topological polar surface area (TPSA) is 281 Å². The minimum atomic E-state index is -0.930. The van der Waals surface area contributed by atoms with Crippen LogP contribution in [0.5, 0.6) is 17.2 Å². The van der Waals surface area contributed by atoms with Gasteiger partial charge in [-0.3, -0.25) is 4.79 Å². The molecule has 70 heavy (non-hydrogen) atoms. The van der Waals surface area contributed by atoms with Gasteiger partial charge >= 0.3 is 11.9 Å². The van der Waals surface area contributed by atoms with Crippen LogP contribution in [-0.2, 0) is 43.1 Å². The molecule has 0 aliphatic heterocycles. The number of aliphatic hydroxyl groups excluding tert-OH is 1. The maximum absolute atomic E-state index is 11.4.